The molecule has 2 N–H and O–H groups in total. The number of halogens is 1. The fraction of sp³-hybridized carbons (Fsp3) is 0.111. The predicted octanol–water partition coefficient (Wildman–Crippen LogP) is 4.48. The molecule has 2 aromatic rings. The normalized spacial score (nSPS) is 10.6. The first kappa shape index (κ1) is 17.2. The molecule has 0 spiro atoms. The number of benzene rings is 2. The van der Waals surface area contributed by atoms with Gasteiger partial charge in [0.1, 0.15) is 0 Å². The van der Waals surface area contributed by atoms with Gasteiger partial charge >= 0.3 is 0 Å². The second-order valence-corrected chi connectivity index (χ2v) is 5.94. The smallest absolute Gasteiger partial charge is 0.250 e. The molecule has 0 aliphatic heterocycles. The fourth-order valence-electron chi connectivity index (χ4n) is 2.06. The topological polar surface area (TPSA) is 41.1 Å². The number of amides is 1. The lowest BCUT2D eigenvalue weighted by atomic mass is 10.1. The summed E-state index contributed by atoms with van der Waals surface area (Å²) in [4.78, 5) is 11.9. The monoisotopic (exact) mass is 344 g/mol. The number of hydrogen-bond acceptors (Lipinski definition) is 2. The van der Waals surface area contributed by atoms with Crippen LogP contribution in [-0.4, -0.2) is 11.0 Å². The van der Waals surface area contributed by atoms with Crippen molar-refractivity contribution in [2.75, 3.05) is 5.32 Å². The molecule has 1 amide bonds. The first-order valence-corrected chi connectivity index (χ1v) is 7.86. The van der Waals surface area contributed by atoms with Crippen molar-refractivity contribution in [2.45, 2.75) is 13.8 Å². The van der Waals surface area contributed by atoms with Gasteiger partial charge in [-0.15, -0.1) is 0 Å². The van der Waals surface area contributed by atoms with Crippen molar-refractivity contribution >= 4 is 46.6 Å². The molecule has 0 atom stereocenters. The lowest BCUT2D eigenvalue weighted by Crippen LogP contribution is -2.33. The van der Waals surface area contributed by atoms with Gasteiger partial charge < -0.3 is 5.32 Å². The highest BCUT2D eigenvalue weighted by Crippen LogP contribution is 2.19. The molecule has 0 saturated carbocycles. The Morgan fingerprint density at radius 2 is 1.70 bits per heavy atom. The Kier molecular flexibility index (Phi) is 5.90. The van der Waals surface area contributed by atoms with E-state index in [9.17, 15) is 4.79 Å². The third-order valence-corrected chi connectivity index (χ3v) is 3.71. The zero-order valence-electron chi connectivity index (χ0n) is 12.9. The average molecular weight is 345 g/mol. The van der Waals surface area contributed by atoms with E-state index in [2.05, 4.69) is 10.6 Å². The molecule has 0 saturated heterocycles. The van der Waals surface area contributed by atoms with Gasteiger partial charge in [0.15, 0.2) is 5.11 Å². The Balaban J connectivity index is 1.95. The van der Waals surface area contributed by atoms with Crippen LogP contribution < -0.4 is 10.6 Å². The van der Waals surface area contributed by atoms with Crippen LogP contribution in [0.2, 0.25) is 5.02 Å². The van der Waals surface area contributed by atoms with E-state index in [1.54, 1.807) is 18.2 Å². The van der Waals surface area contributed by atoms with Crippen molar-refractivity contribution in [3.8, 4) is 0 Å². The Bertz CT molecular complexity index is 734. The van der Waals surface area contributed by atoms with Crippen LogP contribution in [0.4, 0.5) is 5.69 Å². The van der Waals surface area contributed by atoms with Gasteiger partial charge in [-0.1, -0.05) is 41.9 Å². The summed E-state index contributed by atoms with van der Waals surface area (Å²) >= 11 is 11.0. The van der Waals surface area contributed by atoms with Crippen molar-refractivity contribution in [1.82, 2.24) is 5.32 Å². The van der Waals surface area contributed by atoms with E-state index in [1.165, 1.54) is 6.08 Å². The highest BCUT2D eigenvalue weighted by molar-refractivity contribution is 7.80. The Morgan fingerprint density at radius 3 is 2.30 bits per heavy atom. The van der Waals surface area contributed by atoms with Gasteiger partial charge in [-0.05, 0) is 61.0 Å². The van der Waals surface area contributed by atoms with Crippen LogP contribution >= 0.6 is 23.8 Å². The van der Waals surface area contributed by atoms with Crippen LogP contribution in [0.15, 0.2) is 48.5 Å². The number of aryl methyl sites for hydroxylation is 2. The van der Waals surface area contributed by atoms with Crippen LogP contribution in [0.5, 0.6) is 0 Å². The van der Waals surface area contributed by atoms with Crippen molar-refractivity contribution in [2.24, 2.45) is 0 Å². The number of carbonyl (C=O) groups is 1. The highest BCUT2D eigenvalue weighted by atomic mass is 35.5. The molecule has 0 bridgehead atoms. The Hall–Kier alpha value is -2.17. The van der Waals surface area contributed by atoms with Gasteiger partial charge in [0.2, 0.25) is 5.91 Å². The number of nitrogens with one attached hydrogen (secondary N) is 2. The van der Waals surface area contributed by atoms with Gasteiger partial charge in [-0.25, -0.2) is 0 Å². The predicted molar refractivity (Wildman–Crippen MR) is 101 cm³/mol. The van der Waals surface area contributed by atoms with Crippen molar-refractivity contribution < 1.29 is 4.79 Å². The molecule has 0 aliphatic carbocycles. The molecule has 0 fully saturated rings. The van der Waals surface area contributed by atoms with Gasteiger partial charge in [-0.3, -0.25) is 10.1 Å². The minimum atomic E-state index is -0.288. The number of hydrogen-bond donors (Lipinski definition) is 2. The van der Waals surface area contributed by atoms with E-state index in [0.29, 0.717) is 5.02 Å². The number of thiocarbonyl (C=S) groups is 1. The summed E-state index contributed by atoms with van der Waals surface area (Å²) in [5, 5.41) is 6.63. The number of rotatable bonds is 3. The molecule has 0 aromatic heterocycles. The minimum Gasteiger partial charge on any atom is -0.332 e. The molecule has 3 nitrogen and oxygen atoms in total. The molecular weight excluding hydrogens is 328 g/mol. The first-order valence-electron chi connectivity index (χ1n) is 7.07. The van der Waals surface area contributed by atoms with Gasteiger partial charge in [0.25, 0.3) is 0 Å². The Labute approximate surface area is 146 Å². The third kappa shape index (κ3) is 5.20. The maximum absolute atomic E-state index is 11.9. The van der Waals surface area contributed by atoms with Crippen LogP contribution in [0, 0.1) is 13.8 Å². The SMILES string of the molecule is Cc1cccc(C)c1NC(=S)NC(=O)/C=C/c1ccc(Cl)cc1. The zero-order valence-corrected chi connectivity index (χ0v) is 14.5. The first-order chi connectivity index (χ1) is 11.0. The molecule has 2 aromatic carbocycles. The van der Waals surface area contributed by atoms with Gasteiger partial charge in [0.05, 0.1) is 0 Å². The van der Waals surface area contributed by atoms with Crippen LogP contribution in [0.1, 0.15) is 16.7 Å². The summed E-state index contributed by atoms with van der Waals surface area (Å²) < 4.78 is 0. The number of carbonyl (C=O) groups excluding carboxylic acids is 1. The summed E-state index contributed by atoms with van der Waals surface area (Å²) in [7, 11) is 0. The molecule has 23 heavy (non-hydrogen) atoms. The van der Waals surface area contributed by atoms with Crippen LogP contribution in [-0.2, 0) is 4.79 Å². The third-order valence-electron chi connectivity index (χ3n) is 3.25. The van der Waals surface area contributed by atoms with E-state index in [-0.39, 0.29) is 11.0 Å². The van der Waals surface area contributed by atoms with Crippen LogP contribution in [0.3, 0.4) is 0 Å². The zero-order chi connectivity index (χ0) is 16.8. The second-order valence-electron chi connectivity index (χ2n) is 5.10. The molecule has 2 rings (SSSR count). The van der Waals surface area contributed by atoms with E-state index < -0.39 is 0 Å². The van der Waals surface area contributed by atoms with E-state index in [4.69, 9.17) is 23.8 Å². The largest absolute Gasteiger partial charge is 0.332 e. The van der Waals surface area contributed by atoms with Crippen molar-refractivity contribution in [1.29, 1.82) is 0 Å². The standard InChI is InChI=1S/C18H17ClN2OS/c1-12-4-3-5-13(2)17(12)21-18(23)20-16(22)11-8-14-6-9-15(19)10-7-14/h3-11H,1-2H3,(H2,20,21,22,23)/b11-8+. The lowest BCUT2D eigenvalue weighted by molar-refractivity contribution is -0.115. The fourth-order valence-corrected chi connectivity index (χ4v) is 2.38. The molecule has 0 heterocycles. The molecule has 118 valence electrons. The molecule has 0 aliphatic rings. The lowest BCUT2D eigenvalue weighted by Gasteiger charge is -2.13. The summed E-state index contributed by atoms with van der Waals surface area (Å²) in [5.41, 5.74) is 3.94. The highest BCUT2D eigenvalue weighted by Gasteiger charge is 2.06. The molecule has 0 unspecified atom stereocenters. The summed E-state index contributed by atoms with van der Waals surface area (Å²) in [6.07, 6.45) is 3.13. The second kappa shape index (κ2) is 7.90. The average Bonchev–Trinajstić information content (AvgIpc) is 2.50. The van der Waals surface area contributed by atoms with E-state index >= 15 is 0 Å². The minimum absolute atomic E-state index is 0.271. The summed E-state index contributed by atoms with van der Waals surface area (Å²) in [6.45, 7) is 3.97. The number of anilines is 1. The quantitative estimate of drug-likeness (QED) is 0.637. The maximum Gasteiger partial charge on any atom is 0.250 e. The van der Waals surface area contributed by atoms with Gasteiger partial charge in [-0.2, -0.15) is 0 Å². The summed E-state index contributed by atoms with van der Waals surface area (Å²) in [5.74, 6) is -0.288. The van der Waals surface area contributed by atoms with Gasteiger partial charge in [0, 0.05) is 16.8 Å². The maximum atomic E-state index is 11.9. The Morgan fingerprint density at radius 1 is 1.09 bits per heavy atom. The molecular formula is C18H17ClN2OS. The van der Waals surface area contributed by atoms with E-state index in [0.717, 1.165) is 22.4 Å². The number of para-hydroxylation sites is 1. The van der Waals surface area contributed by atoms with Crippen LogP contribution in [0.25, 0.3) is 6.08 Å². The molecule has 0 radical (unpaired) electrons. The molecule has 5 heteroatoms. The van der Waals surface area contributed by atoms with E-state index in [1.807, 2.05) is 44.2 Å². The summed E-state index contributed by atoms with van der Waals surface area (Å²) in [6, 6.07) is 13.2. The van der Waals surface area contributed by atoms with Crippen molar-refractivity contribution in [3.63, 3.8) is 0 Å². The van der Waals surface area contributed by atoms with Crippen molar-refractivity contribution in [3.05, 3.63) is 70.3 Å².